The molecule has 1 aliphatic rings. The van der Waals surface area contributed by atoms with Crippen LogP contribution in [0.3, 0.4) is 0 Å². The van der Waals surface area contributed by atoms with Crippen molar-refractivity contribution >= 4 is 15.9 Å². The second kappa shape index (κ2) is 4.98. The Balaban J connectivity index is 2.30. The second-order valence-electron chi connectivity index (χ2n) is 4.26. The number of alkyl halides is 3. The van der Waals surface area contributed by atoms with Crippen LogP contribution >= 0.6 is 15.9 Å². The highest BCUT2D eigenvalue weighted by Gasteiger charge is 2.33. The molecule has 0 bridgehead atoms. The quantitative estimate of drug-likeness (QED) is 0.829. The van der Waals surface area contributed by atoms with Crippen LogP contribution in [0.5, 0.6) is 0 Å². The summed E-state index contributed by atoms with van der Waals surface area (Å²) in [5.74, 6) is 0.241. The van der Waals surface area contributed by atoms with Crippen LogP contribution in [0.2, 0.25) is 0 Å². The summed E-state index contributed by atoms with van der Waals surface area (Å²) in [5, 5.41) is 3.21. The van der Waals surface area contributed by atoms with Crippen LogP contribution in [0, 0.1) is 0 Å². The topological polar surface area (TPSA) is 12.0 Å². The lowest BCUT2D eigenvalue weighted by Crippen LogP contribution is -2.26. The number of hydrogen-bond acceptors (Lipinski definition) is 1. The maximum Gasteiger partial charge on any atom is 0.417 e. The molecule has 0 atom stereocenters. The third-order valence-corrected chi connectivity index (χ3v) is 3.80. The Labute approximate surface area is 107 Å². The molecule has 1 aliphatic heterocycles. The van der Waals surface area contributed by atoms with Crippen LogP contribution in [-0.2, 0) is 6.18 Å². The monoisotopic (exact) mass is 307 g/mol. The highest BCUT2D eigenvalue weighted by atomic mass is 79.9. The molecule has 0 aliphatic carbocycles. The summed E-state index contributed by atoms with van der Waals surface area (Å²) in [6, 6.07) is 4.57. The van der Waals surface area contributed by atoms with Crippen molar-refractivity contribution in [3.8, 4) is 0 Å². The van der Waals surface area contributed by atoms with Gasteiger partial charge >= 0.3 is 6.18 Å². The number of piperidine rings is 1. The van der Waals surface area contributed by atoms with Crippen LogP contribution in [0.1, 0.15) is 29.9 Å². The summed E-state index contributed by atoms with van der Waals surface area (Å²) in [6.45, 7) is 1.75. The molecule has 0 saturated carbocycles. The zero-order valence-corrected chi connectivity index (χ0v) is 10.7. The van der Waals surface area contributed by atoms with Gasteiger partial charge in [-0.25, -0.2) is 0 Å². The Morgan fingerprint density at radius 2 is 1.82 bits per heavy atom. The van der Waals surface area contributed by atoms with Crippen molar-refractivity contribution in [3.05, 3.63) is 33.8 Å². The number of rotatable bonds is 1. The van der Waals surface area contributed by atoms with Gasteiger partial charge in [0.15, 0.2) is 0 Å². The molecule has 2 rings (SSSR count). The summed E-state index contributed by atoms with van der Waals surface area (Å²) < 4.78 is 38.4. The van der Waals surface area contributed by atoms with E-state index in [4.69, 9.17) is 0 Å². The summed E-state index contributed by atoms with van der Waals surface area (Å²) in [4.78, 5) is 0. The molecule has 1 heterocycles. The van der Waals surface area contributed by atoms with E-state index in [0.29, 0.717) is 0 Å². The molecule has 5 heteroatoms. The summed E-state index contributed by atoms with van der Waals surface area (Å²) in [5.41, 5.74) is 0.218. The van der Waals surface area contributed by atoms with Gasteiger partial charge in [-0.15, -0.1) is 0 Å². The zero-order valence-electron chi connectivity index (χ0n) is 9.15. The number of nitrogens with one attached hydrogen (secondary N) is 1. The average Bonchev–Trinajstić information content (AvgIpc) is 2.29. The molecule has 1 fully saturated rings. The first-order valence-corrected chi connectivity index (χ1v) is 6.35. The molecule has 0 radical (unpaired) electrons. The molecular weight excluding hydrogens is 295 g/mol. The molecule has 1 aromatic rings. The smallest absolute Gasteiger partial charge is 0.317 e. The lowest BCUT2D eigenvalue weighted by molar-refractivity contribution is -0.138. The van der Waals surface area contributed by atoms with Gasteiger partial charge in [0.05, 0.1) is 5.56 Å². The SMILES string of the molecule is FC(F)(F)c1cc(C2CCNCC2)ccc1Br. The molecule has 17 heavy (non-hydrogen) atoms. The van der Waals surface area contributed by atoms with E-state index in [1.54, 1.807) is 6.07 Å². The van der Waals surface area contributed by atoms with Crippen LogP contribution < -0.4 is 5.32 Å². The molecule has 0 spiro atoms. The van der Waals surface area contributed by atoms with Gasteiger partial charge in [-0.2, -0.15) is 13.2 Å². The van der Waals surface area contributed by atoms with E-state index in [-0.39, 0.29) is 10.4 Å². The van der Waals surface area contributed by atoms with E-state index in [2.05, 4.69) is 21.2 Å². The normalized spacial score (nSPS) is 18.4. The Bertz CT molecular complexity index is 397. The van der Waals surface area contributed by atoms with Gasteiger partial charge in [0.2, 0.25) is 0 Å². The lowest BCUT2D eigenvalue weighted by atomic mass is 9.89. The molecule has 1 nitrogen and oxygen atoms in total. The lowest BCUT2D eigenvalue weighted by Gasteiger charge is -2.24. The number of halogens is 4. The molecule has 1 N–H and O–H groups in total. The third kappa shape index (κ3) is 3.01. The first kappa shape index (κ1) is 12.9. The summed E-state index contributed by atoms with van der Waals surface area (Å²) in [6.07, 6.45) is -2.49. The Morgan fingerprint density at radius 3 is 2.41 bits per heavy atom. The Hall–Kier alpha value is -0.550. The van der Waals surface area contributed by atoms with Gasteiger partial charge in [-0.05, 0) is 49.5 Å². The van der Waals surface area contributed by atoms with Crippen molar-refractivity contribution in [2.45, 2.75) is 24.9 Å². The fourth-order valence-electron chi connectivity index (χ4n) is 2.17. The molecule has 0 amide bonds. The van der Waals surface area contributed by atoms with Gasteiger partial charge in [-0.3, -0.25) is 0 Å². The Morgan fingerprint density at radius 1 is 1.18 bits per heavy atom. The van der Waals surface area contributed by atoms with E-state index >= 15 is 0 Å². The fraction of sp³-hybridized carbons (Fsp3) is 0.500. The minimum atomic E-state index is -4.29. The van der Waals surface area contributed by atoms with Crippen LogP contribution in [0.4, 0.5) is 13.2 Å². The number of hydrogen-bond donors (Lipinski definition) is 1. The molecule has 1 saturated heterocycles. The highest BCUT2D eigenvalue weighted by molar-refractivity contribution is 9.10. The van der Waals surface area contributed by atoms with E-state index < -0.39 is 11.7 Å². The first-order valence-electron chi connectivity index (χ1n) is 5.56. The summed E-state index contributed by atoms with van der Waals surface area (Å²) in [7, 11) is 0. The largest absolute Gasteiger partial charge is 0.417 e. The van der Waals surface area contributed by atoms with Crippen molar-refractivity contribution < 1.29 is 13.2 Å². The van der Waals surface area contributed by atoms with Crippen molar-refractivity contribution in [3.63, 3.8) is 0 Å². The molecule has 0 aromatic heterocycles. The highest BCUT2D eigenvalue weighted by Crippen LogP contribution is 2.37. The predicted octanol–water partition coefficient (Wildman–Crippen LogP) is 3.93. The fourth-order valence-corrected chi connectivity index (χ4v) is 2.64. The van der Waals surface area contributed by atoms with Gasteiger partial charge in [0.25, 0.3) is 0 Å². The molecule has 0 unspecified atom stereocenters. The van der Waals surface area contributed by atoms with E-state index in [1.165, 1.54) is 12.1 Å². The van der Waals surface area contributed by atoms with E-state index in [0.717, 1.165) is 31.5 Å². The average molecular weight is 308 g/mol. The van der Waals surface area contributed by atoms with Crippen LogP contribution in [0.25, 0.3) is 0 Å². The van der Waals surface area contributed by atoms with E-state index in [1.807, 2.05) is 0 Å². The maximum atomic E-state index is 12.8. The number of benzene rings is 1. The van der Waals surface area contributed by atoms with Gasteiger partial charge in [0.1, 0.15) is 0 Å². The zero-order chi connectivity index (χ0) is 12.5. The second-order valence-corrected chi connectivity index (χ2v) is 5.12. The first-order chi connectivity index (χ1) is 7.98. The third-order valence-electron chi connectivity index (χ3n) is 3.11. The van der Waals surface area contributed by atoms with Crippen LogP contribution in [-0.4, -0.2) is 13.1 Å². The standard InChI is InChI=1S/C12H13BrF3N/c13-11-2-1-9(7-10(11)12(14,15)16)8-3-5-17-6-4-8/h1-2,7-8,17H,3-6H2. The minimum absolute atomic E-state index is 0.114. The minimum Gasteiger partial charge on any atom is -0.317 e. The van der Waals surface area contributed by atoms with Crippen LogP contribution in [0.15, 0.2) is 22.7 Å². The van der Waals surface area contributed by atoms with Crippen molar-refractivity contribution in [2.75, 3.05) is 13.1 Å². The van der Waals surface area contributed by atoms with Crippen molar-refractivity contribution in [1.29, 1.82) is 0 Å². The van der Waals surface area contributed by atoms with Crippen molar-refractivity contribution in [1.82, 2.24) is 5.32 Å². The Kier molecular flexibility index (Phi) is 3.78. The molecular formula is C12H13BrF3N. The molecule has 1 aromatic carbocycles. The molecule has 94 valence electrons. The predicted molar refractivity (Wildman–Crippen MR) is 64.0 cm³/mol. The summed E-state index contributed by atoms with van der Waals surface area (Å²) >= 11 is 2.96. The van der Waals surface area contributed by atoms with Gasteiger partial charge in [-0.1, -0.05) is 22.0 Å². The van der Waals surface area contributed by atoms with Crippen molar-refractivity contribution in [2.24, 2.45) is 0 Å². The maximum absolute atomic E-state index is 12.8. The van der Waals surface area contributed by atoms with Gasteiger partial charge in [0, 0.05) is 4.47 Å². The van der Waals surface area contributed by atoms with Gasteiger partial charge < -0.3 is 5.32 Å². The van der Waals surface area contributed by atoms with E-state index in [9.17, 15) is 13.2 Å².